The minimum absolute atomic E-state index is 0.0404. The summed E-state index contributed by atoms with van der Waals surface area (Å²) in [6.45, 7) is 2.65. The highest BCUT2D eigenvalue weighted by Crippen LogP contribution is 2.15. The van der Waals surface area contributed by atoms with Gasteiger partial charge in [0.05, 0.1) is 6.42 Å². The molecule has 20 heavy (non-hydrogen) atoms. The van der Waals surface area contributed by atoms with Gasteiger partial charge in [0.2, 0.25) is 0 Å². The van der Waals surface area contributed by atoms with Gasteiger partial charge in [-0.1, -0.05) is 43.3 Å². The highest BCUT2D eigenvalue weighted by molar-refractivity contribution is 5.70. The zero-order valence-electron chi connectivity index (χ0n) is 11.5. The van der Waals surface area contributed by atoms with Crippen molar-refractivity contribution in [3.63, 3.8) is 0 Å². The van der Waals surface area contributed by atoms with Gasteiger partial charge in [-0.05, 0) is 35.2 Å². The van der Waals surface area contributed by atoms with Crippen molar-refractivity contribution >= 4 is 5.97 Å². The SMILES string of the molecule is CCc1ccc(COc2ccc(CC(=O)O)cc2)cc1. The third-order valence-electron chi connectivity index (χ3n) is 3.12. The molecule has 1 N–H and O–H groups in total. The van der Waals surface area contributed by atoms with Crippen LogP contribution in [0, 0.1) is 0 Å². The van der Waals surface area contributed by atoms with Crippen molar-refractivity contribution in [2.24, 2.45) is 0 Å². The van der Waals surface area contributed by atoms with E-state index in [0.717, 1.165) is 23.3 Å². The van der Waals surface area contributed by atoms with Gasteiger partial charge < -0.3 is 9.84 Å². The molecule has 0 saturated heterocycles. The Balaban J connectivity index is 1.91. The quantitative estimate of drug-likeness (QED) is 0.874. The molecule has 0 aliphatic rings. The monoisotopic (exact) mass is 270 g/mol. The van der Waals surface area contributed by atoms with E-state index in [-0.39, 0.29) is 6.42 Å². The van der Waals surface area contributed by atoms with E-state index >= 15 is 0 Å². The number of hydrogen-bond acceptors (Lipinski definition) is 2. The molecule has 0 aliphatic carbocycles. The van der Waals surface area contributed by atoms with E-state index in [4.69, 9.17) is 9.84 Å². The van der Waals surface area contributed by atoms with Crippen LogP contribution in [0.3, 0.4) is 0 Å². The summed E-state index contributed by atoms with van der Waals surface area (Å²) in [6.07, 6.45) is 1.07. The Bertz CT molecular complexity index is 556. The van der Waals surface area contributed by atoms with Crippen molar-refractivity contribution in [1.82, 2.24) is 0 Å². The summed E-state index contributed by atoms with van der Waals surface area (Å²) in [6, 6.07) is 15.5. The van der Waals surface area contributed by atoms with Gasteiger partial charge in [0.15, 0.2) is 0 Å². The maximum Gasteiger partial charge on any atom is 0.307 e. The third kappa shape index (κ3) is 4.12. The summed E-state index contributed by atoms with van der Waals surface area (Å²) < 4.78 is 5.68. The highest BCUT2D eigenvalue weighted by Gasteiger charge is 2.01. The maximum absolute atomic E-state index is 10.6. The molecule has 0 aliphatic heterocycles. The molecule has 0 fully saturated rings. The van der Waals surface area contributed by atoms with E-state index in [0.29, 0.717) is 6.61 Å². The van der Waals surface area contributed by atoms with Gasteiger partial charge in [0.1, 0.15) is 12.4 Å². The first-order valence-corrected chi connectivity index (χ1v) is 6.68. The number of ether oxygens (including phenoxy) is 1. The predicted molar refractivity (Wildman–Crippen MR) is 77.9 cm³/mol. The topological polar surface area (TPSA) is 46.5 Å². The maximum atomic E-state index is 10.6. The minimum atomic E-state index is -0.824. The molecule has 0 saturated carbocycles. The van der Waals surface area contributed by atoms with E-state index in [9.17, 15) is 4.79 Å². The van der Waals surface area contributed by atoms with Crippen LogP contribution in [0.25, 0.3) is 0 Å². The van der Waals surface area contributed by atoms with Crippen LogP contribution >= 0.6 is 0 Å². The summed E-state index contributed by atoms with van der Waals surface area (Å²) in [5.74, 6) is -0.0756. The van der Waals surface area contributed by atoms with Gasteiger partial charge in [-0.25, -0.2) is 0 Å². The van der Waals surface area contributed by atoms with Gasteiger partial charge in [-0.3, -0.25) is 4.79 Å². The van der Waals surface area contributed by atoms with E-state index < -0.39 is 5.97 Å². The van der Waals surface area contributed by atoms with Crippen LogP contribution in [0.1, 0.15) is 23.6 Å². The van der Waals surface area contributed by atoms with Crippen LogP contribution in [-0.4, -0.2) is 11.1 Å². The van der Waals surface area contributed by atoms with Crippen molar-refractivity contribution < 1.29 is 14.6 Å². The van der Waals surface area contributed by atoms with Gasteiger partial charge in [-0.2, -0.15) is 0 Å². The fourth-order valence-electron chi connectivity index (χ4n) is 1.92. The molecule has 0 aromatic heterocycles. The van der Waals surface area contributed by atoms with Crippen molar-refractivity contribution in [1.29, 1.82) is 0 Å². The molecule has 0 unspecified atom stereocenters. The smallest absolute Gasteiger partial charge is 0.307 e. The third-order valence-corrected chi connectivity index (χ3v) is 3.12. The molecule has 0 atom stereocenters. The lowest BCUT2D eigenvalue weighted by atomic mass is 10.1. The fraction of sp³-hybridized carbons (Fsp3) is 0.235. The van der Waals surface area contributed by atoms with Gasteiger partial charge in [0, 0.05) is 0 Å². The van der Waals surface area contributed by atoms with Crippen LogP contribution in [0.5, 0.6) is 5.75 Å². The summed E-state index contributed by atoms with van der Waals surface area (Å²) in [4.78, 5) is 10.6. The molecule has 2 aromatic rings. The first-order chi connectivity index (χ1) is 9.67. The van der Waals surface area contributed by atoms with Crippen molar-refractivity contribution in [3.8, 4) is 5.75 Å². The van der Waals surface area contributed by atoms with E-state index in [1.165, 1.54) is 5.56 Å². The molecule has 104 valence electrons. The molecule has 2 rings (SSSR count). The second-order valence-corrected chi connectivity index (χ2v) is 4.67. The molecule has 0 spiro atoms. The predicted octanol–water partition coefficient (Wildman–Crippen LogP) is 3.46. The standard InChI is InChI=1S/C17H18O3/c1-2-13-3-5-15(6-4-13)12-20-16-9-7-14(8-10-16)11-17(18)19/h3-10H,2,11-12H2,1H3,(H,18,19). The molecule has 3 nitrogen and oxygen atoms in total. The van der Waals surface area contributed by atoms with Crippen LogP contribution in [-0.2, 0) is 24.2 Å². The zero-order valence-corrected chi connectivity index (χ0v) is 11.5. The second-order valence-electron chi connectivity index (χ2n) is 4.67. The lowest BCUT2D eigenvalue weighted by Gasteiger charge is -2.07. The number of aryl methyl sites for hydroxylation is 1. The number of aliphatic carboxylic acids is 1. The molecule has 0 bridgehead atoms. The van der Waals surface area contributed by atoms with E-state index in [1.807, 2.05) is 0 Å². The highest BCUT2D eigenvalue weighted by atomic mass is 16.5. The Morgan fingerprint density at radius 3 is 2.05 bits per heavy atom. The number of carboxylic acids is 1. The average molecular weight is 270 g/mol. The Kier molecular flexibility index (Phi) is 4.77. The van der Waals surface area contributed by atoms with Crippen molar-refractivity contribution in [2.45, 2.75) is 26.4 Å². The summed E-state index contributed by atoms with van der Waals surface area (Å²) in [7, 11) is 0. The Morgan fingerprint density at radius 2 is 1.50 bits per heavy atom. The second kappa shape index (κ2) is 6.75. The molecule has 2 aromatic carbocycles. The number of carbonyl (C=O) groups is 1. The van der Waals surface area contributed by atoms with Gasteiger partial charge in [0.25, 0.3) is 0 Å². The largest absolute Gasteiger partial charge is 0.489 e. The van der Waals surface area contributed by atoms with Crippen LogP contribution in [0.15, 0.2) is 48.5 Å². The molecule has 0 amide bonds. The van der Waals surface area contributed by atoms with Crippen molar-refractivity contribution in [2.75, 3.05) is 0 Å². The summed E-state index contributed by atoms with van der Waals surface area (Å²) in [5, 5.41) is 8.70. The Labute approximate surface area is 118 Å². The normalized spacial score (nSPS) is 10.2. The molecular weight excluding hydrogens is 252 g/mol. The van der Waals surface area contributed by atoms with Crippen LogP contribution in [0.4, 0.5) is 0 Å². The lowest BCUT2D eigenvalue weighted by molar-refractivity contribution is -0.136. The number of benzene rings is 2. The average Bonchev–Trinajstić information content (AvgIpc) is 2.46. The first kappa shape index (κ1) is 14.1. The van der Waals surface area contributed by atoms with Gasteiger partial charge >= 0.3 is 5.97 Å². The van der Waals surface area contributed by atoms with Crippen LogP contribution in [0.2, 0.25) is 0 Å². The number of hydrogen-bond donors (Lipinski definition) is 1. The van der Waals surface area contributed by atoms with E-state index in [1.54, 1.807) is 24.3 Å². The molecule has 0 heterocycles. The molecular formula is C17H18O3. The van der Waals surface area contributed by atoms with Gasteiger partial charge in [-0.15, -0.1) is 0 Å². The molecule has 3 heteroatoms. The first-order valence-electron chi connectivity index (χ1n) is 6.68. The Hall–Kier alpha value is -2.29. The van der Waals surface area contributed by atoms with Crippen molar-refractivity contribution in [3.05, 3.63) is 65.2 Å². The van der Waals surface area contributed by atoms with E-state index in [2.05, 4.69) is 31.2 Å². The number of rotatable bonds is 6. The summed E-state index contributed by atoms with van der Waals surface area (Å²) in [5.41, 5.74) is 3.21. The zero-order chi connectivity index (χ0) is 14.4. The Morgan fingerprint density at radius 1 is 0.950 bits per heavy atom. The molecule has 0 radical (unpaired) electrons. The summed E-state index contributed by atoms with van der Waals surface area (Å²) >= 11 is 0. The fourth-order valence-corrected chi connectivity index (χ4v) is 1.92. The number of carboxylic acid groups (broad SMARTS) is 1. The lowest BCUT2D eigenvalue weighted by Crippen LogP contribution is -2.00. The minimum Gasteiger partial charge on any atom is -0.489 e. The van der Waals surface area contributed by atoms with Crippen LogP contribution < -0.4 is 4.74 Å².